The Labute approximate surface area is 161 Å². The molecule has 1 atom stereocenters. The van der Waals surface area contributed by atoms with Crippen molar-refractivity contribution in [3.8, 4) is 0 Å². The second-order valence-electron chi connectivity index (χ2n) is 6.61. The molecule has 7 heteroatoms. The fourth-order valence-electron chi connectivity index (χ4n) is 3.52. The Morgan fingerprint density at radius 2 is 1.88 bits per heavy atom. The van der Waals surface area contributed by atoms with E-state index in [9.17, 15) is 9.18 Å². The molecule has 0 aliphatic carbocycles. The first-order valence-corrected chi connectivity index (χ1v) is 8.72. The van der Waals surface area contributed by atoms with E-state index in [1.807, 2.05) is 13.0 Å². The van der Waals surface area contributed by atoms with E-state index in [-0.39, 0.29) is 42.6 Å². The van der Waals surface area contributed by atoms with Crippen molar-refractivity contribution in [2.24, 2.45) is 0 Å². The molecular weight excluding hydrogens is 364 g/mol. The van der Waals surface area contributed by atoms with Crippen molar-refractivity contribution >= 4 is 36.4 Å². The normalized spacial score (nSPS) is 18.8. The molecule has 1 saturated heterocycles. The number of halogens is 3. The Bertz CT molecular complexity index is 578. The molecule has 1 unspecified atom stereocenters. The van der Waals surface area contributed by atoms with Crippen molar-refractivity contribution in [2.45, 2.75) is 51.6 Å². The maximum absolute atomic E-state index is 14.6. The van der Waals surface area contributed by atoms with E-state index in [2.05, 4.69) is 15.5 Å². The number of fused-ring (bicyclic) bond motifs is 1. The SMILES string of the molecule is CC(C(=O)Nc1ccc2c(c1F)CCNC2)N1CCCCCC1.Cl.Cl. The molecule has 142 valence electrons. The second-order valence-corrected chi connectivity index (χ2v) is 6.61. The summed E-state index contributed by atoms with van der Waals surface area (Å²) in [7, 11) is 0. The smallest absolute Gasteiger partial charge is 0.241 e. The quantitative estimate of drug-likeness (QED) is 0.828. The molecule has 0 aromatic heterocycles. The van der Waals surface area contributed by atoms with Crippen LogP contribution in [-0.4, -0.2) is 36.5 Å². The Kier molecular flexibility index (Phi) is 9.14. The van der Waals surface area contributed by atoms with Crippen LogP contribution in [0.1, 0.15) is 43.7 Å². The van der Waals surface area contributed by atoms with Gasteiger partial charge in [-0.3, -0.25) is 9.69 Å². The molecular formula is C18H28Cl2FN3O. The lowest BCUT2D eigenvalue weighted by Gasteiger charge is -2.27. The number of carbonyl (C=O) groups is 1. The van der Waals surface area contributed by atoms with Crippen molar-refractivity contribution in [3.63, 3.8) is 0 Å². The molecule has 2 heterocycles. The van der Waals surface area contributed by atoms with Crippen LogP contribution in [0.3, 0.4) is 0 Å². The number of hydrogen-bond acceptors (Lipinski definition) is 3. The molecule has 1 aromatic carbocycles. The monoisotopic (exact) mass is 391 g/mol. The molecule has 0 bridgehead atoms. The predicted octanol–water partition coefficient (Wildman–Crippen LogP) is 3.52. The largest absolute Gasteiger partial charge is 0.322 e. The molecule has 0 saturated carbocycles. The molecule has 1 aromatic rings. The van der Waals surface area contributed by atoms with E-state index in [0.29, 0.717) is 18.7 Å². The maximum Gasteiger partial charge on any atom is 0.241 e. The van der Waals surface area contributed by atoms with Gasteiger partial charge < -0.3 is 10.6 Å². The fourth-order valence-corrected chi connectivity index (χ4v) is 3.52. The lowest BCUT2D eigenvalue weighted by molar-refractivity contribution is -0.120. The average Bonchev–Trinajstić information content (AvgIpc) is 2.86. The first-order chi connectivity index (χ1) is 11.2. The minimum absolute atomic E-state index is 0. The predicted molar refractivity (Wildman–Crippen MR) is 104 cm³/mol. The van der Waals surface area contributed by atoms with Gasteiger partial charge in [-0.15, -0.1) is 24.8 Å². The van der Waals surface area contributed by atoms with Crippen LogP contribution in [0.15, 0.2) is 12.1 Å². The van der Waals surface area contributed by atoms with Crippen molar-refractivity contribution in [3.05, 3.63) is 29.1 Å². The lowest BCUT2D eigenvalue weighted by atomic mass is 9.99. The van der Waals surface area contributed by atoms with E-state index >= 15 is 0 Å². The van der Waals surface area contributed by atoms with Gasteiger partial charge in [-0.25, -0.2) is 4.39 Å². The molecule has 4 nitrogen and oxygen atoms in total. The first-order valence-electron chi connectivity index (χ1n) is 8.72. The van der Waals surface area contributed by atoms with Crippen LogP contribution >= 0.6 is 24.8 Å². The maximum atomic E-state index is 14.6. The summed E-state index contributed by atoms with van der Waals surface area (Å²) in [4.78, 5) is 14.7. The third-order valence-electron chi connectivity index (χ3n) is 5.03. The van der Waals surface area contributed by atoms with Crippen molar-refractivity contribution in [1.29, 1.82) is 0 Å². The van der Waals surface area contributed by atoms with E-state index < -0.39 is 0 Å². The van der Waals surface area contributed by atoms with E-state index in [1.54, 1.807) is 6.07 Å². The summed E-state index contributed by atoms with van der Waals surface area (Å²) >= 11 is 0. The highest BCUT2D eigenvalue weighted by atomic mass is 35.5. The molecule has 1 amide bonds. The summed E-state index contributed by atoms with van der Waals surface area (Å²) in [6, 6.07) is 3.38. The number of nitrogens with one attached hydrogen (secondary N) is 2. The number of amides is 1. The van der Waals surface area contributed by atoms with Crippen LogP contribution in [0, 0.1) is 5.82 Å². The molecule has 3 rings (SSSR count). The summed E-state index contributed by atoms with van der Waals surface area (Å²) in [5.74, 6) is -0.375. The van der Waals surface area contributed by atoms with Gasteiger partial charge in [0.2, 0.25) is 5.91 Å². The average molecular weight is 392 g/mol. The number of likely N-dealkylation sites (tertiary alicyclic amines) is 1. The van der Waals surface area contributed by atoms with Crippen LogP contribution in [0.5, 0.6) is 0 Å². The Morgan fingerprint density at radius 1 is 1.20 bits per heavy atom. The van der Waals surface area contributed by atoms with Crippen molar-refractivity contribution in [1.82, 2.24) is 10.2 Å². The van der Waals surface area contributed by atoms with Gasteiger partial charge >= 0.3 is 0 Å². The molecule has 1 fully saturated rings. The number of nitrogens with zero attached hydrogens (tertiary/aromatic N) is 1. The third-order valence-corrected chi connectivity index (χ3v) is 5.03. The summed E-state index contributed by atoms with van der Waals surface area (Å²) in [6.45, 7) is 5.30. The molecule has 0 radical (unpaired) electrons. The van der Waals surface area contributed by atoms with Gasteiger partial charge in [-0.2, -0.15) is 0 Å². The number of hydrogen-bond donors (Lipinski definition) is 2. The highest BCUT2D eigenvalue weighted by Gasteiger charge is 2.24. The van der Waals surface area contributed by atoms with Gasteiger partial charge in [0.1, 0.15) is 5.82 Å². The minimum atomic E-state index is -0.264. The summed E-state index contributed by atoms with van der Waals surface area (Å²) in [5, 5.41) is 6.04. The highest BCUT2D eigenvalue weighted by molar-refractivity contribution is 5.94. The lowest BCUT2D eigenvalue weighted by Crippen LogP contribution is -2.42. The van der Waals surface area contributed by atoms with Crippen molar-refractivity contribution in [2.75, 3.05) is 25.0 Å². The number of anilines is 1. The topological polar surface area (TPSA) is 44.4 Å². The van der Waals surface area contributed by atoms with Crippen LogP contribution < -0.4 is 10.6 Å². The van der Waals surface area contributed by atoms with Crippen LogP contribution in [0.2, 0.25) is 0 Å². The van der Waals surface area contributed by atoms with Gasteiger partial charge in [-0.05, 0) is 63.0 Å². The standard InChI is InChI=1S/C18H26FN3O.2ClH/c1-13(22-10-4-2-3-5-11-22)18(23)21-16-7-6-14-12-20-9-8-15(14)17(16)19;;/h6-7,13,20H,2-5,8-12H2,1H3,(H,21,23);2*1H. The van der Waals surface area contributed by atoms with Crippen molar-refractivity contribution < 1.29 is 9.18 Å². The second kappa shape index (κ2) is 10.3. The molecule has 2 aliphatic rings. The van der Waals surface area contributed by atoms with E-state index in [1.165, 1.54) is 12.8 Å². The Hall–Kier alpha value is -0.880. The van der Waals surface area contributed by atoms with E-state index in [0.717, 1.165) is 43.6 Å². The zero-order valence-corrected chi connectivity index (χ0v) is 16.3. The fraction of sp³-hybridized carbons (Fsp3) is 0.611. The van der Waals surface area contributed by atoms with Gasteiger partial charge in [0.15, 0.2) is 0 Å². The van der Waals surface area contributed by atoms with E-state index in [4.69, 9.17) is 0 Å². The highest BCUT2D eigenvalue weighted by Crippen LogP contribution is 2.25. The first kappa shape index (κ1) is 22.2. The van der Waals surface area contributed by atoms with Crippen LogP contribution in [0.25, 0.3) is 0 Å². The third kappa shape index (κ3) is 5.30. The summed E-state index contributed by atoms with van der Waals surface area (Å²) in [5.41, 5.74) is 2.05. The molecule has 25 heavy (non-hydrogen) atoms. The van der Waals surface area contributed by atoms with Gasteiger partial charge in [-0.1, -0.05) is 18.9 Å². The molecule has 0 spiro atoms. The van der Waals surface area contributed by atoms with Gasteiger partial charge in [0.05, 0.1) is 11.7 Å². The number of carbonyl (C=O) groups excluding carboxylic acids is 1. The molecule has 2 aliphatic heterocycles. The zero-order chi connectivity index (χ0) is 16.2. The van der Waals surface area contributed by atoms with Gasteiger partial charge in [0, 0.05) is 6.54 Å². The summed E-state index contributed by atoms with van der Waals surface area (Å²) in [6.07, 6.45) is 5.42. The molecule has 2 N–H and O–H groups in total. The zero-order valence-electron chi connectivity index (χ0n) is 14.6. The number of benzene rings is 1. The van der Waals surface area contributed by atoms with Crippen LogP contribution in [-0.2, 0) is 17.8 Å². The minimum Gasteiger partial charge on any atom is -0.322 e. The van der Waals surface area contributed by atoms with Gasteiger partial charge in [0.25, 0.3) is 0 Å². The number of rotatable bonds is 3. The Balaban J connectivity index is 0.00000156. The Morgan fingerprint density at radius 3 is 2.56 bits per heavy atom. The van der Waals surface area contributed by atoms with Crippen LogP contribution in [0.4, 0.5) is 10.1 Å². The summed E-state index contributed by atoms with van der Waals surface area (Å²) < 4.78 is 14.6.